The molecule has 1 aromatic rings. The Kier molecular flexibility index (Phi) is 4.99. The van der Waals surface area contributed by atoms with Crippen LogP contribution in [0.15, 0.2) is 22.7 Å². The van der Waals surface area contributed by atoms with Crippen molar-refractivity contribution in [2.75, 3.05) is 6.61 Å². The summed E-state index contributed by atoms with van der Waals surface area (Å²) in [4.78, 5) is 12.3. The zero-order valence-electron chi connectivity index (χ0n) is 11.2. The Morgan fingerprint density at radius 3 is 2.68 bits per heavy atom. The minimum atomic E-state index is 0.00579. The lowest BCUT2D eigenvalue weighted by Gasteiger charge is -2.28. The van der Waals surface area contributed by atoms with E-state index in [4.69, 9.17) is 5.11 Å². The summed E-state index contributed by atoms with van der Waals surface area (Å²) in [6.45, 7) is 2.22. The summed E-state index contributed by atoms with van der Waals surface area (Å²) in [6, 6.07) is 5.93. The summed E-state index contributed by atoms with van der Waals surface area (Å²) >= 11 is 3.45. The van der Waals surface area contributed by atoms with Crippen LogP contribution >= 0.6 is 15.9 Å². The van der Waals surface area contributed by atoms with E-state index in [0.717, 1.165) is 41.3 Å². The number of benzene rings is 1. The lowest BCUT2D eigenvalue weighted by Crippen LogP contribution is -2.38. The van der Waals surface area contributed by atoms with E-state index in [1.54, 1.807) is 0 Å². The van der Waals surface area contributed by atoms with Gasteiger partial charge in [0.1, 0.15) is 0 Å². The molecule has 0 aromatic heterocycles. The standard InChI is InChI=1S/C15H20BrNO2/c1-10-13(3-2-4-14(10)16)15(19)17-12-7-5-11(9-18)6-8-12/h2-4,11-12,18H,5-9H2,1H3,(H,17,19). The summed E-state index contributed by atoms with van der Waals surface area (Å²) in [6.07, 6.45) is 3.92. The SMILES string of the molecule is Cc1c(Br)cccc1C(=O)NC1CCC(CO)CC1. The summed E-state index contributed by atoms with van der Waals surface area (Å²) in [5, 5.41) is 12.2. The maximum absolute atomic E-state index is 12.3. The van der Waals surface area contributed by atoms with Gasteiger partial charge in [0.05, 0.1) is 0 Å². The molecule has 0 heterocycles. The molecule has 1 aliphatic carbocycles. The molecule has 0 spiro atoms. The number of hydrogen-bond acceptors (Lipinski definition) is 2. The minimum absolute atomic E-state index is 0.00579. The topological polar surface area (TPSA) is 49.3 Å². The van der Waals surface area contributed by atoms with Crippen LogP contribution in [-0.2, 0) is 0 Å². The fourth-order valence-corrected chi connectivity index (χ4v) is 2.97. The van der Waals surface area contributed by atoms with E-state index in [1.807, 2.05) is 25.1 Å². The van der Waals surface area contributed by atoms with Gasteiger partial charge in [-0.2, -0.15) is 0 Å². The molecule has 0 aliphatic heterocycles. The van der Waals surface area contributed by atoms with E-state index in [1.165, 1.54) is 0 Å². The highest BCUT2D eigenvalue weighted by Crippen LogP contribution is 2.25. The molecule has 0 radical (unpaired) electrons. The summed E-state index contributed by atoms with van der Waals surface area (Å²) < 4.78 is 0.962. The summed E-state index contributed by atoms with van der Waals surface area (Å²) in [5.74, 6) is 0.423. The second kappa shape index (κ2) is 6.53. The molecule has 1 amide bonds. The molecule has 0 unspecified atom stereocenters. The smallest absolute Gasteiger partial charge is 0.251 e. The van der Waals surface area contributed by atoms with Crippen molar-refractivity contribution >= 4 is 21.8 Å². The maximum atomic E-state index is 12.3. The highest BCUT2D eigenvalue weighted by atomic mass is 79.9. The molecule has 2 rings (SSSR count). The van der Waals surface area contributed by atoms with Crippen molar-refractivity contribution in [3.05, 3.63) is 33.8 Å². The molecule has 1 aliphatic rings. The number of rotatable bonds is 3. The third-order valence-electron chi connectivity index (χ3n) is 3.95. The highest BCUT2D eigenvalue weighted by molar-refractivity contribution is 9.10. The number of nitrogens with one attached hydrogen (secondary N) is 1. The van der Waals surface area contributed by atoms with Crippen LogP contribution < -0.4 is 5.32 Å². The average molecular weight is 326 g/mol. The van der Waals surface area contributed by atoms with Crippen LogP contribution in [0.5, 0.6) is 0 Å². The van der Waals surface area contributed by atoms with Gasteiger partial charge in [-0.05, 0) is 56.2 Å². The molecule has 0 atom stereocenters. The van der Waals surface area contributed by atoms with Crippen molar-refractivity contribution in [2.24, 2.45) is 5.92 Å². The van der Waals surface area contributed by atoms with Crippen molar-refractivity contribution in [1.29, 1.82) is 0 Å². The first-order chi connectivity index (χ1) is 9.11. The predicted octanol–water partition coefficient (Wildman–Crippen LogP) is 3.04. The molecule has 19 heavy (non-hydrogen) atoms. The van der Waals surface area contributed by atoms with Gasteiger partial charge in [0.25, 0.3) is 5.91 Å². The average Bonchev–Trinajstić information content (AvgIpc) is 2.42. The van der Waals surface area contributed by atoms with E-state index in [-0.39, 0.29) is 18.6 Å². The Balaban J connectivity index is 1.96. The number of halogens is 1. The summed E-state index contributed by atoms with van der Waals surface area (Å²) in [7, 11) is 0. The first-order valence-corrected chi connectivity index (χ1v) is 7.58. The Morgan fingerprint density at radius 2 is 2.05 bits per heavy atom. The first kappa shape index (κ1) is 14.5. The van der Waals surface area contributed by atoms with Crippen LogP contribution in [0.3, 0.4) is 0 Å². The monoisotopic (exact) mass is 325 g/mol. The van der Waals surface area contributed by atoms with E-state index in [2.05, 4.69) is 21.2 Å². The third-order valence-corrected chi connectivity index (χ3v) is 4.81. The van der Waals surface area contributed by atoms with Crippen molar-refractivity contribution < 1.29 is 9.90 Å². The first-order valence-electron chi connectivity index (χ1n) is 6.78. The van der Waals surface area contributed by atoms with Gasteiger partial charge in [0, 0.05) is 22.7 Å². The molecular weight excluding hydrogens is 306 g/mol. The molecule has 2 N–H and O–H groups in total. The van der Waals surface area contributed by atoms with Gasteiger partial charge in [-0.25, -0.2) is 0 Å². The highest BCUT2D eigenvalue weighted by Gasteiger charge is 2.22. The fraction of sp³-hybridized carbons (Fsp3) is 0.533. The summed E-state index contributed by atoms with van der Waals surface area (Å²) in [5.41, 5.74) is 1.71. The van der Waals surface area contributed by atoms with Gasteiger partial charge in [0.15, 0.2) is 0 Å². The quantitative estimate of drug-likeness (QED) is 0.897. The number of carbonyl (C=O) groups is 1. The molecule has 1 saturated carbocycles. The van der Waals surface area contributed by atoms with E-state index >= 15 is 0 Å². The molecular formula is C15H20BrNO2. The Morgan fingerprint density at radius 1 is 1.37 bits per heavy atom. The van der Waals surface area contributed by atoms with Crippen LogP contribution in [0.25, 0.3) is 0 Å². The molecule has 1 fully saturated rings. The normalized spacial score (nSPS) is 23.1. The molecule has 4 heteroatoms. The van der Waals surface area contributed by atoms with E-state index in [9.17, 15) is 4.79 Å². The number of carbonyl (C=O) groups excluding carboxylic acids is 1. The number of aliphatic hydroxyl groups is 1. The van der Waals surface area contributed by atoms with Crippen LogP contribution in [0.1, 0.15) is 41.6 Å². The number of amides is 1. The minimum Gasteiger partial charge on any atom is -0.396 e. The lowest BCUT2D eigenvalue weighted by molar-refractivity contribution is 0.0913. The Hall–Kier alpha value is -0.870. The Labute approximate surface area is 122 Å². The van der Waals surface area contributed by atoms with E-state index < -0.39 is 0 Å². The van der Waals surface area contributed by atoms with E-state index in [0.29, 0.717) is 5.92 Å². The fourth-order valence-electron chi connectivity index (χ4n) is 2.61. The lowest BCUT2D eigenvalue weighted by atomic mass is 9.86. The van der Waals surface area contributed by atoms with Crippen LogP contribution in [0.4, 0.5) is 0 Å². The molecule has 0 bridgehead atoms. The second-order valence-corrected chi connectivity index (χ2v) is 6.14. The van der Waals surface area contributed by atoms with Gasteiger partial charge in [-0.15, -0.1) is 0 Å². The van der Waals surface area contributed by atoms with Crippen LogP contribution in [0, 0.1) is 12.8 Å². The molecule has 104 valence electrons. The molecule has 1 aromatic carbocycles. The largest absolute Gasteiger partial charge is 0.396 e. The number of aliphatic hydroxyl groups excluding tert-OH is 1. The zero-order valence-corrected chi connectivity index (χ0v) is 12.7. The maximum Gasteiger partial charge on any atom is 0.251 e. The van der Waals surface area contributed by atoms with Crippen LogP contribution in [-0.4, -0.2) is 23.7 Å². The van der Waals surface area contributed by atoms with Gasteiger partial charge in [-0.1, -0.05) is 22.0 Å². The van der Waals surface area contributed by atoms with Gasteiger partial charge < -0.3 is 10.4 Å². The van der Waals surface area contributed by atoms with Gasteiger partial charge in [0.2, 0.25) is 0 Å². The Bertz CT molecular complexity index is 453. The van der Waals surface area contributed by atoms with Crippen molar-refractivity contribution in [3.63, 3.8) is 0 Å². The van der Waals surface area contributed by atoms with Crippen LogP contribution in [0.2, 0.25) is 0 Å². The van der Waals surface area contributed by atoms with Crippen molar-refractivity contribution in [2.45, 2.75) is 38.6 Å². The number of hydrogen-bond donors (Lipinski definition) is 2. The van der Waals surface area contributed by atoms with Gasteiger partial charge >= 0.3 is 0 Å². The molecule has 0 saturated heterocycles. The predicted molar refractivity (Wildman–Crippen MR) is 79.2 cm³/mol. The van der Waals surface area contributed by atoms with Crippen molar-refractivity contribution in [3.8, 4) is 0 Å². The third kappa shape index (κ3) is 3.57. The van der Waals surface area contributed by atoms with Crippen molar-refractivity contribution in [1.82, 2.24) is 5.32 Å². The molecule has 3 nitrogen and oxygen atoms in total. The van der Waals surface area contributed by atoms with Gasteiger partial charge in [-0.3, -0.25) is 4.79 Å². The zero-order chi connectivity index (χ0) is 13.8. The second-order valence-electron chi connectivity index (χ2n) is 5.29.